The minimum absolute atomic E-state index is 0.132. The summed E-state index contributed by atoms with van der Waals surface area (Å²) in [6, 6.07) is 6.46. The summed E-state index contributed by atoms with van der Waals surface area (Å²) in [5.74, 6) is 0.236. The van der Waals surface area contributed by atoms with Crippen molar-refractivity contribution in [3.05, 3.63) is 41.5 Å². The monoisotopic (exact) mass is 388 g/mol. The minimum Gasteiger partial charge on any atom is -0.480 e. The molecule has 152 valence electrons. The Morgan fingerprint density at radius 2 is 1.64 bits per heavy atom. The van der Waals surface area contributed by atoms with E-state index in [0.29, 0.717) is 29.5 Å². The SMILES string of the molecule is CCCCC1CCC(CCc2ccc(-c3ccc(OC)nn3)c(F)c2F)CC1. The highest BCUT2D eigenvalue weighted by Gasteiger charge is 2.22. The van der Waals surface area contributed by atoms with Crippen LogP contribution in [0, 0.1) is 23.5 Å². The van der Waals surface area contributed by atoms with Crippen molar-refractivity contribution in [1.29, 1.82) is 0 Å². The van der Waals surface area contributed by atoms with Crippen LogP contribution in [0.2, 0.25) is 0 Å². The van der Waals surface area contributed by atoms with Gasteiger partial charge in [-0.2, -0.15) is 0 Å². The van der Waals surface area contributed by atoms with Gasteiger partial charge in [0.15, 0.2) is 11.6 Å². The van der Waals surface area contributed by atoms with E-state index in [1.807, 2.05) is 0 Å². The van der Waals surface area contributed by atoms with Crippen LogP contribution in [-0.2, 0) is 6.42 Å². The van der Waals surface area contributed by atoms with Gasteiger partial charge >= 0.3 is 0 Å². The molecule has 1 saturated carbocycles. The molecule has 1 fully saturated rings. The molecule has 28 heavy (non-hydrogen) atoms. The van der Waals surface area contributed by atoms with Gasteiger partial charge in [0.2, 0.25) is 5.88 Å². The summed E-state index contributed by atoms with van der Waals surface area (Å²) in [6.45, 7) is 2.24. The van der Waals surface area contributed by atoms with E-state index in [1.54, 1.807) is 24.3 Å². The Bertz CT molecular complexity index is 756. The van der Waals surface area contributed by atoms with Crippen LogP contribution in [-0.4, -0.2) is 17.3 Å². The Morgan fingerprint density at radius 1 is 0.929 bits per heavy atom. The predicted octanol–water partition coefficient (Wildman–Crippen LogP) is 6.36. The maximum absolute atomic E-state index is 14.6. The Hall–Kier alpha value is -2.04. The quantitative estimate of drug-likeness (QED) is 0.528. The topological polar surface area (TPSA) is 35.0 Å². The van der Waals surface area contributed by atoms with Crippen LogP contribution in [0.4, 0.5) is 8.78 Å². The molecule has 0 unspecified atom stereocenters. The lowest BCUT2D eigenvalue weighted by atomic mass is 9.78. The summed E-state index contributed by atoms with van der Waals surface area (Å²) < 4.78 is 34.1. The van der Waals surface area contributed by atoms with Gasteiger partial charge in [-0.25, -0.2) is 8.78 Å². The van der Waals surface area contributed by atoms with Gasteiger partial charge in [-0.15, -0.1) is 10.2 Å². The molecule has 0 aliphatic heterocycles. The second-order valence-corrected chi connectivity index (χ2v) is 7.93. The number of methoxy groups -OCH3 is 1. The smallest absolute Gasteiger partial charge is 0.233 e. The van der Waals surface area contributed by atoms with Crippen molar-refractivity contribution in [2.75, 3.05) is 7.11 Å². The second-order valence-electron chi connectivity index (χ2n) is 7.93. The van der Waals surface area contributed by atoms with E-state index in [4.69, 9.17) is 4.74 Å². The van der Waals surface area contributed by atoms with Gasteiger partial charge < -0.3 is 4.74 Å². The molecule has 0 N–H and O–H groups in total. The molecule has 1 aliphatic rings. The molecule has 3 nitrogen and oxygen atoms in total. The molecule has 1 aromatic heterocycles. The predicted molar refractivity (Wildman–Crippen MR) is 107 cm³/mol. The number of aryl methyl sites for hydroxylation is 1. The van der Waals surface area contributed by atoms with Gasteiger partial charge in [-0.3, -0.25) is 0 Å². The average Bonchev–Trinajstić information content (AvgIpc) is 2.74. The van der Waals surface area contributed by atoms with Gasteiger partial charge in [0, 0.05) is 11.6 Å². The van der Waals surface area contributed by atoms with Gasteiger partial charge in [0.05, 0.1) is 12.8 Å². The average molecular weight is 389 g/mol. The standard InChI is InChI=1S/C23H30F2N2O/c1-3-4-5-16-6-8-17(9-7-16)10-11-18-12-13-19(23(25)22(18)24)20-14-15-21(28-2)27-26-20/h12-17H,3-11H2,1-2H3. The van der Waals surface area contributed by atoms with Crippen LogP contribution in [0.1, 0.15) is 63.9 Å². The molecule has 1 aliphatic carbocycles. The van der Waals surface area contributed by atoms with Crippen molar-refractivity contribution >= 4 is 0 Å². The first-order valence-corrected chi connectivity index (χ1v) is 10.5. The highest BCUT2D eigenvalue weighted by molar-refractivity contribution is 5.60. The lowest BCUT2D eigenvalue weighted by molar-refractivity contribution is 0.249. The van der Waals surface area contributed by atoms with E-state index >= 15 is 0 Å². The lowest BCUT2D eigenvalue weighted by Crippen LogP contribution is -2.15. The Kier molecular flexibility index (Phi) is 7.35. The van der Waals surface area contributed by atoms with Crippen molar-refractivity contribution in [2.24, 2.45) is 11.8 Å². The van der Waals surface area contributed by atoms with E-state index in [-0.39, 0.29) is 5.56 Å². The molecular formula is C23H30F2N2O. The highest BCUT2D eigenvalue weighted by atomic mass is 19.2. The number of halogens is 2. The number of rotatable bonds is 8. The molecule has 1 aromatic carbocycles. The number of aromatic nitrogens is 2. The van der Waals surface area contributed by atoms with Crippen molar-refractivity contribution in [2.45, 2.75) is 64.7 Å². The minimum atomic E-state index is -0.847. The van der Waals surface area contributed by atoms with Gasteiger partial charge in [0.1, 0.15) is 0 Å². The van der Waals surface area contributed by atoms with Crippen LogP contribution in [0.3, 0.4) is 0 Å². The van der Waals surface area contributed by atoms with E-state index in [0.717, 1.165) is 12.3 Å². The van der Waals surface area contributed by atoms with Gasteiger partial charge in [-0.05, 0) is 42.4 Å². The zero-order valence-electron chi connectivity index (χ0n) is 16.9. The molecule has 0 bridgehead atoms. The molecule has 0 atom stereocenters. The summed E-state index contributed by atoms with van der Waals surface area (Å²) in [5.41, 5.74) is 0.887. The molecule has 5 heteroatoms. The van der Waals surface area contributed by atoms with E-state index in [2.05, 4.69) is 17.1 Å². The van der Waals surface area contributed by atoms with Crippen molar-refractivity contribution in [3.63, 3.8) is 0 Å². The Morgan fingerprint density at radius 3 is 2.25 bits per heavy atom. The fourth-order valence-corrected chi connectivity index (χ4v) is 4.21. The van der Waals surface area contributed by atoms with Gasteiger partial charge in [0.25, 0.3) is 0 Å². The van der Waals surface area contributed by atoms with E-state index in [1.165, 1.54) is 52.1 Å². The van der Waals surface area contributed by atoms with Crippen LogP contribution in [0.15, 0.2) is 24.3 Å². The third kappa shape index (κ3) is 5.06. The third-order valence-electron chi connectivity index (χ3n) is 6.04. The largest absolute Gasteiger partial charge is 0.480 e. The van der Waals surface area contributed by atoms with E-state index in [9.17, 15) is 8.78 Å². The maximum atomic E-state index is 14.6. The summed E-state index contributed by atoms with van der Waals surface area (Å²) in [7, 11) is 1.48. The van der Waals surface area contributed by atoms with Crippen LogP contribution >= 0.6 is 0 Å². The molecule has 0 saturated heterocycles. The number of nitrogens with zero attached hydrogens (tertiary/aromatic N) is 2. The Labute approximate surface area is 166 Å². The molecule has 1 heterocycles. The molecular weight excluding hydrogens is 358 g/mol. The Balaban J connectivity index is 1.59. The fraction of sp³-hybridized carbons (Fsp3) is 0.565. The van der Waals surface area contributed by atoms with Crippen molar-refractivity contribution in [3.8, 4) is 17.1 Å². The fourth-order valence-electron chi connectivity index (χ4n) is 4.21. The molecule has 2 aromatic rings. The maximum Gasteiger partial charge on any atom is 0.233 e. The summed E-state index contributed by atoms with van der Waals surface area (Å²) in [6.07, 6.45) is 10.5. The number of ether oxygens (including phenoxy) is 1. The first-order chi connectivity index (χ1) is 13.6. The van der Waals surface area contributed by atoms with Crippen LogP contribution < -0.4 is 4.74 Å². The molecule has 0 amide bonds. The third-order valence-corrected chi connectivity index (χ3v) is 6.04. The molecule has 0 spiro atoms. The van der Waals surface area contributed by atoms with E-state index < -0.39 is 11.6 Å². The van der Waals surface area contributed by atoms with Crippen LogP contribution in [0.25, 0.3) is 11.3 Å². The zero-order valence-corrected chi connectivity index (χ0v) is 16.9. The van der Waals surface area contributed by atoms with Crippen molar-refractivity contribution < 1.29 is 13.5 Å². The highest BCUT2D eigenvalue weighted by Crippen LogP contribution is 2.35. The number of benzene rings is 1. The summed E-state index contributed by atoms with van der Waals surface area (Å²) in [4.78, 5) is 0. The zero-order chi connectivity index (χ0) is 19.9. The summed E-state index contributed by atoms with van der Waals surface area (Å²) >= 11 is 0. The normalized spacial score (nSPS) is 19.6. The van der Waals surface area contributed by atoms with Crippen LogP contribution in [0.5, 0.6) is 5.88 Å². The number of hydrogen-bond donors (Lipinski definition) is 0. The molecule has 3 rings (SSSR count). The number of hydrogen-bond acceptors (Lipinski definition) is 3. The number of unbranched alkanes of at least 4 members (excludes halogenated alkanes) is 1. The van der Waals surface area contributed by atoms with Gasteiger partial charge in [-0.1, -0.05) is 57.9 Å². The first-order valence-electron chi connectivity index (χ1n) is 10.5. The second kappa shape index (κ2) is 9.94. The first kappa shape index (κ1) is 20.7. The lowest BCUT2D eigenvalue weighted by Gasteiger charge is -2.28. The molecule has 0 radical (unpaired) electrons. The summed E-state index contributed by atoms with van der Waals surface area (Å²) in [5, 5.41) is 7.74. The van der Waals surface area contributed by atoms with Crippen molar-refractivity contribution in [1.82, 2.24) is 10.2 Å².